The Morgan fingerprint density at radius 3 is 2.72 bits per heavy atom. The monoisotopic (exact) mass is 357 g/mol. The molecular weight excluding hydrogens is 338 g/mol. The Balaban J connectivity index is 2.38. The maximum absolute atomic E-state index is 12.6. The zero-order chi connectivity index (χ0) is 18.1. The summed E-state index contributed by atoms with van der Waals surface area (Å²) in [6.07, 6.45) is 3.28. The molecule has 0 spiro atoms. The van der Waals surface area contributed by atoms with Crippen LogP contribution in [0.25, 0.3) is 10.2 Å². The first-order chi connectivity index (χ1) is 12.0. The quantitative estimate of drug-likeness (QED) is 0.697. The maximum atomic E-state index is 12.6. The van der Waals surface area contributed by atoms with E-state index in [-0.39, 0.29) is 5.75 Å². The number of ether oxygens (including phenoxy) is 1. The lowest BCUT2D eigenvalue weighted by Gasteiger charge is -2.19. The molecule has 7 heteroatoms. The van der Waals surface area contributed by atoms with Crippen LogP contribution in [0.2, 0.25) is 0 Å². The highest BCUT2D eigenvalue weighted by Crippen LogP contribution is 2.43. The standard InChI is InChI=1S/C18H19N3O3S/c1-9-12(13(17(23)24-4)11-6-5-7-20-8-11)14-16(10(2)15(9)22)25-18(19-3)21-14/h5-8,13,22H,1-4H3,(H,19,21)/t13-/m0/s1. The lowest BCUT2D eigenvalue weighted by atomic mass is 9.87. The van der Waals surface area contributed by atoms with Crippen LogP contribution in [-0.4, -0.2) is 35.2 Å². The lowest BCUT2D eigenvalue weighted by molar-refractivity contribution is -0.141. The van der Waals surface area contributed by atoms with Crippen molar-refractivity contribution in [3.8, 4) is 5.75 Å². The van der Waals surface area contributed by atoms with Crippen LogP contribution in [0.3, 0.4) is 0 Å². The maximum Gasteiger partial charge on any atom is 0.317 e. The van der Waals surface area contributed by atoms with Crippen LogP contribution in [0, 0.1) is 13.8 Å². The highest BCUT2D eigenvalue weighted by atomic mass is 32.1. The number of nitrogens with zero attached hydrogens (tertiary/aromatic N) is 2. The number of nitrogens with one attached hydrogen (secondary N) is 1. The summed E-state index contributed by atoms with van der Waals surface area (Å²) >= 11 is 1.44. The van der Waals surface area contributed by atoms with E-state index in [1.54, 1.807) is 32.4 Å². The fourth-order valence-electron chi connectivity index (χ4n) is 3.00. The largest absolute Gasteiger partial charge is 0.507 e. The van der Waals surface area contributed by atoms with Crippen molar-refractivity contribution in [2.75, 3.05) is 19.5 Å². The van der Waals surface area contributed by atoms with Gasteiger partial charge >= 0.3 is 5.97 Å². The van der Waals surface area contributed by atoms with Gasteiger partial charge in [0, 0.05) is 30.6 Å². The van der Waals surface area contributed by atoms with Crippen molar-refractivity contribution in [3.05, 3.63) is 46.8 Å². The van der Waals surface area contributed by atoms with Gasteiger partial charge in [-0.15, -0.1) is 0 Å². The molecule has 2 N–H and O–H groups in total. The molecular formula is C18H19N3O3S. The molecule has 1 aromatic carbocycles. The van der Waals surface area contributed by atoms with E-state index in [9.17, 15) is 9.90 Å². The number of esters is 1. The molecule has 0 aliphatic heterocycles. The van der Waals surface area contributed by atoms with Crippen LogP contribution in [0.1, 0.15) is 28.2 Å². The molecule has 0 radical (unpaired) electrons. The van der Waals surface area contributed by atoms with Crippen LogP contribution in [-0.2, 0) is 9.53 Å². The Hall–Kier alpha value is -2.67. The molecule has 0 fully saturated rings. The third-order valence-corrected chi connectivity index (χ3v) is 5.49. The number of carbonyl (C=O) groups is 1. The molecule has 3 aromatic rings. The molecule has 2 heterocycles. The minimum Gasteiger partial charge on any atom is -0.507 e. The number of phenols is 1. The number of hydrogen-bond acceptors (Lipinski definition) is 7. The van der Waals surface area contributed by atoms with Crippen LogP contribution < -0.4 is 5.32 Å². The van der Waals surface area contributed by atoms with Gasteiger partial charge in [0.2, 0.25) is 0 Å². The highest BCUT2D eigenvalue weighted by molar-refractivity contribution is 7.22. The van der Waals surface area contributed by atoms with E-state index in [4.69, 9.17) is 4.74 Å². The van der Waals surface area contributed by atoms with Gasteiger partial charge < -0.3 is 15.2 Å². The van der Waals surface area contributed by atoms with E-state index in [1.807, 2.05) is 13.0 Å². The molecule has 0 unspecified atom stereocenters. The summed E-state index contributed by atoms with van der Waals surface area (Å²) in [5.74, 6) is -0.953. The summed E-state index contributed by atoms with van der Waals surface area (Å²) in [6, 6.07) is 3.59. The van der Waals surface area contributed by atoms with Crippen LogP contribution in [0.5, 0.6) is 5.75 Å². The number of aryl methyl sites for hydroxylation is 1. The van der Waals surface area contributed by atoms with E-state index in [0.717, 1.165) is 15.4 Å². The average Bonchev–Trinajstić information content (AvgIpc) is 3.07. The number of aromatic hydroxyl groups is 1. The van der Waals surface area contributed by atoms with E-state index in [2.05, 4.69) is 15.3 Å². The van der Waals surface area contributed by atoms with Gasteiger partial charge in [-0.3, -0.25) is 9.78 Å². The molecule has 0 bridgehead atoms. The molecule has 0 saturated carbocycles. The number of hydrogen-bond donors (Lipinski definition) is 2. The molecule has 1 atom stereocenters. The number of carbonyl (C=O) groups excluding carboxylic acids is 1. The normalized spacial score (nSPS) is 12.2. The zero-order valence-corrected chi connectivity index (χ0v) is 15.3. The minimum absolute atomic E-state index is 0.173. The number of rotatable bonds is 4. The number of fused-ring (bicyclic) bond motifs is 1. The number of anilines is 1. The number of phenolic OH excluding ortho intramolecular Hbond substituents is 1. The van der Waals surface area contributed by atoms with Crippen molar-refractivity contribution in [2.24, 2.45) is 0 Å². The van der Waals surface area contributed by atoms with E-state index >= 15 is 0 Å². The predicted octanol–water partition coefficient (Wildman–Crippen LogP) is 3.36. The number of aromatic nitrogens is 2. The summed E-state index contributed by atoms with van der Waals surface area (Å²) in [5.41, 5.74) is 3.42. The molecule has 0 saturated heterocycles. The van der Waals surface area contributed by atoms with Gasteiger partial charge in [0.05, 0.1) is 17.3 Å². The van der Waals surface area contributed by atoms with Crippen molar-refractivity contribution in [3.63, 3.8) is 0 Å². The Morgan fingerprint density at radius 1 is 1.36 bits per heavy atom. The Kier molecular flexibility index (Phi) is 4.59. The fourth-order valence-corrected chi connectivity index (χ4v) is 3.93. The van der Waals surface area contributed by atoms with Crippen molar-refractivity contribution in [1.29, 1.82) is 0 Å². The number of pyridine rings is 1. The first-order valence-electron chi connectivity index (χ1n) is 7.77. The topological polar surface area (TPSA) is 84.3 Å². The lowest BCUT2D eigenvalue weighted by Crippen LogP contribution is -2.17. The molecule has 130 valence electrons. The van der Waals surface area contributed by atoms with Crippen LogP contribution in [0.4, 0.5) is 5.13 Å². The summed E-state index contributed by atoms with van der Waals surface area (Å²) in [6.45, 7) is 3.64. The Labute approximate surface area is 149 Å². The molecule has 3 rings (SSSR count). The van der Waals surface area contributed by atoms with E-state index < -0.39 is 11.9 Å². The van der Waals surface area contributed by atoms with Crippen LogP contribution in [0.15, 0.2) is 24.5 Å². The second kappa shape index (κ2) is 6.68. The molecule has 6 nitrogen and oxygen atoms in total. The second-order valence-corrected chi connectivity index (χ2v) is 6.70. The third-order valence-electron chi connectivity index (χ3n) is 4.29. The zero-order valence-electron chi connectivity index (χ0n) is 14.5. The fraction of sp³-hybridized carbons (Fsp3) is 0.278. The minimum atomic E-state index is -0.709. The van der Waals surface area contributed by atoms with Crippen molar-refractivity contribution in [2.45, 2.75) is 19.8 Å². The predicted molar refractivity (Wildman–Crippen MR) is 98.4 cm³/mol. The molecule has 2 aromatic heterocycles. The first kappa shape index (κ1) is 17.2. The molecule has 0 amide bonds. The van der Waals surface area contributed by atoms with Gasteiger partial charge in [-0.1, -0.05) is 17.4 Å². The SMILES string of the molecule is CNc1nc2c([C@@H](C(=O)OC)c3cccnc3)c(C)c(O)c(C)c2s1. The van der Waals surface area contributed by atoms with E-state index in [0.29, 0.717) is 22.2 Å². The number of methoxy groups -OCH3 is 1. The number of benzene rings is 1. The second-order valence-electron chi connectivity index (χ2n) is 5.70. The summed E-state index contributed by atoms with van der Waals surface area (Å²) in [4.78, 5) is 21.4. The third kappa shape index (κ3) is 2.80. The molecule has 0 aliphatic carbocycles. The van der Waals surface area contributed by atoms with Gasteiger partial charge in [-0.2, -0.15) is 0 Å². The van der Waals surface area contributed by atoms with Crippen molar-refractivity contribution >= 4 is 32.7 Å². The van der Waals surface area contributed by atoms with Crippen LogP contribution >= 0.6 is 11.3 Å². The summed E-state index contributed by atoms with van der Waals surface area (Å²) in [5, 5.41) is 14.4. The van der Waals surface area contributed by atoms with Gasteiger partial charge in [-0.25, -0.2) is 4.98 Å². The van der Waals surface area contributed by atoms with E-state index in [1.165, 1.54) is 18.4 Å². The molecule has 25 heavy (non-hydrogen) atoms. The highest BCUT2D eigenvalue weighted by Gasteiger charge is 2.31. The first-order valence-corrected chi connectivity index (χ1v) is 8.59. The Bertz CT molecular complexity index is 938. The Morgan fingerprint density at radius 2 is 2.12 bits per heavy atom. The van der Waals surface area contributed by atoms with Crippen molar-refractivity contribution in [1.82, 2.24) is 9.97 Å². The summed E-state index contributed by atoms with van der Waals surface area (Å²) < 4.78 is 5.89. The summed E-state index contributed by atoms with van der Waals surface area (Å²) in [7, 11) is 3.14. The van der Waals surface area contributed by atoms with Gasteiger partial charge in [-0.05, 0) is 31.0 Å². The number of thiazole rings is 1. The molecule has 0 aliphatic rings. The van der Waals surface area contributed by atoms with Crippen molar-refractivity contribution < 1.29 is 14.6 Å². The van der Waals surface area contributed by atoms with Gasteiger partial charge in [0.15, 0.2) is 5.13 Å². The van der Waals surface area contributed by atoms with Gasteiger partial charge in [0.1, 0.15) is 11.7 Å². The van der Waals surface area contributed by atoms with Gasteiger partial charge in [0.25, 0.3) is 0 Å². The average molecular weight is 357 g/mol. The smallest absolute Gasteiger partial charge is 0.317 e.